The quantitative estimate of drug-likeness (QED) is 0.814. The van der Waals surface area contributed by atoms with Crippen LogP contribution < -0.4 is 9.80 Å². The molecule has 0 unspecified atom stereocenters. The van der Waals surface area contributed by atoms with Gasteiger partial charge in [0.2, 0.25) is 5.91 Å². The molecular formula is C17H17N3O2. The Morgan fingerprint density at radius 3 is 2.05 bits per heavy atom. The van der Waals surface area contributed by atoms with E-state index >= 15 is 0 Å². The summed E-state index contributed by atoms with van der Waals surface area (Å²) in [5.74, 6) is -0.330. The van der Waals surface area contributed by atoms with Gasteiger partial charge in [0.05, 0.1) is 0 Å². The minimum absolute atomic E-state index is 0.129. The summed E-state index contributed by atoms with van der Waals surface area (Å²) < 4.78 is 0. The lowest BCUT2D eigenvalue weighted by molar-refractivity contribution is -0.113. The summed E-state index contributed by atoms with van der Waals surface area (Å²) in [6, 6.07) is 10.4. The van der Waals surface area contributed by atoms with E-state index in [0.717, 1.165) is 5.69 Å². The molecule has 0 spiro atoms. The third-order valence-corrected chi connectivity index (χ3v) is 3.36. The molecule has 5 heteroatoms. The van der Waals surface area contributed by atoms with Crippen LogP contribution in [0.2, 0.25) is 0 Å². The number of aromatic nitrogens is 1. The Morgan fingerprint density at radius 2 is 1.50 bits per heavy atom. The van der Waals surface area contributed by atoms with Crippen molar-refractivity contribution in [1.29, 1.82) is 0 Å². The minimum Gasteiger partial charge on any atom is -0.312 e. The lowest BCUT2D eigenvalue weighted by Gasteiger charge is -2.18. The van der Waals surface area contributed by atoms with E-state index in [1.165, 1.54) is 11.0 Å². The first kappa shape index (κ1) is 15.4. The molecule has 112 valence electrons. The topological polar surface area (TPSA) is 53.5 Å². The second kappa shape index (κ2) is 6.67. The van der Waals surface area contributed by atoms with E-state index in [9.17, 15) is 9.59 Å². The molecule has 0 saturated heterocycles. The predicted molar refractivity (Wildman–Crippen MR) is 87.0 cm³/mol. The number of anilines is 2. The van der Waals surface area contributed by atoms with E-state index < -0.39 is 0 Å². The van der Waals surface area contributed by atoms with E-state index in [0.29, 0.717) is 11.3 Å². The van der Waals surface area contributed by atoms with Crippen molar-refractivity contribution in [3.63, 3.8) is 0 Å². The van der Waals surface area contributed by atoms with Crippen molar-refractivity contribution in [3.8, 4) is 0 Å². The van der Waals surface area contributed by atoms with Crippen molar-refractivity contribution < 1.29 is 9.59 Å². The molecule has 0 radical (unpaired) electrons. The summed E-state index contributed by atoms with van der Waals surface area (Å²) in [5.41, 5.74) is 2.01. The van der Waals surface area contributed by atoms with Gasteiger partial charge in [-0.1, -0.05) is 6.58 Å². The molecule has 0 atom stereocenters. The van der Waals surface area contributed by atoms with Gasteiger partial charge in [0.15, 0.2) is 0 Å². The molecule has 22 heavy (non-hydrogen) atoms. The zero-order chi connectivity index (χ0) is 16.1. The predicted octanol–water partition coefficient (Wildman–Crippen LogP) is 2.51. The first-order chi connectivity index (χ1) is 10.5. The fraction of sp³-hybridized carbons (Fsp3) is 0.118. The SMILES string of the molecule is C=CC(=O)N(C)c1ccc(C(=O)N(C)c2ccncc2)cc1. The number of hydrogen-bond donors (Lipinski definition) is 0. The third-order valence-electron chi connectivity index (χ3n) is 3.36. The van der Waals surface area contributed by atoms with Gasteiger partial charge >= 0.3 is 0 Å². The number of pyridine rings is 1. The highest BCUT2D eigenvalue weighted by molar-refractivity contribution is 6.06. The van der Waals surface area contributed by atoms with Crippen LogP contribution in [-0.4, -0.2) is 30.9 Å². The molecule has 0 aliphatic heterocycles. The summed E-state index contributed by atoms with van der Waals surface area (Å²) in [7, 11) is 3.36. The molecule has 0 aliphatic carbocycles. The Morgan fingerprint density at radius 1 is 0.955 bits per heavy atom. The molecule has 1 aromatic heterocycles. The zero-order valence-corrected chi connectivity index (χ0v) is 12.6. The first-order valence-corrected chi connectivity index (χ1v) is 6.73. The summed E-state index contributed by atoms with van der Waals surface area (Å²) in [5, 5.41) is 0. The van der Waals surface area contributed by atoms with Crippen molar-refractivity contribution in [2.24, 2.45) is 0 Å². The summed E-state index contributed by atoms with van der Waals surface area (Å²) in [6.45, 7) is 3.45. The molecule has 1 heterocycles. The van der Waals surface area contributed by atoms with E-state index in [1.54, 1.807) is 67.8 Å². The maximum absolute atomic E-state index is 12.4. The van der Waals surface area contributed by atoms with Gasteiger partial charge in [-0.3, -0.25) is 14.6 Å². The number of hydrogen-bond acceptors (Lipinski definition) is 3. The van der Waals surface area contributed by atoms with Crippen LogP contribution in [0.5, 0.6) is 0 Å². The number of carbonyl (C=O) groups is 2. The molecule has 5 nitrogen and oxygen atoms in total. The third kappa shape index (κ3) is 3.20. The zero-order valence-electron chi connectivity index (χ0n) is 12.6. The molecule has 1 aromatic carbocycles. The number of nitrogens with zero attached hydrogens (tertiary/aromatic N) is 3. The van der Waals surface area contributed by atoms with E-state index in [1.807, 2.05) is 0 Å². The molecule has 0 N–H and O–H groups in total. The lowest BCUT2D eigenvalue weighted by Crippen LogP contribution is -2.26. The average Bonchev–Trinajstić information content (AvgIpc) is 2.60. The molecule has 2 aromatic rings. The van der Waals surface area contributed by atoms with Crippen molar-refractivity contribution in [2.45, 2.75) is 0 Å². The van der Waals surface area contributed by atoms with Crippen LogP contribution in [0.25, 0.3) is 0 Å². The normalized spacial score (nSPS) is 9.91. The van der Waals surface area contributed by atoms with Gasteiger partial charge in [0.25, 0.3) is 5.91 Å². The number of benzene rings is 1. The Balaban J connectivity index is 2.18. The second-order valence-electron chi connectivity index (χ2n) is 4.72. The maximum Gasteiger partial charge on any atom is 0.258 e. The number of likely N-dealkylation sites (N-methyl/N-ethyl adjacent to an activating group) is 1. The largest absolute Gasteiger partial charge is 0.312 e. The molecule has 0 saturated carbocycles. The van der Waals surface area contributed by atoms with Crippen LogP contribution in [0, 0.1) is 0 Å². The van der Waals surface area contributed by atoms with Gasteiger partial charge in [-0.05, 0) is 42.5 Å². The Kier molecular flexibility index (Phi) is 4.68. The molecular weight excluding hydrogens is 278 g/mol. The van der Waals surface area contributed by atoms with E-state index in [4.69, 9.17) is 0 Å². The smallest absolute Gasteiger partial charge is 0.258 e. The van der Waals surface area contributed by atoms with Gasteiger partial charge in [-0.25, -0.2) is 0 Å². The number of carbonyl (C=O) groups excluding carboxylic acids is 2. The van der Waals surface area contributed by atoms with Crippen molar-refractivity contribution >= 4 is 23.2 Å². The van der Waals surface area contributed by atoms with Crippen LogP contribution >= 0.6 is 0 Å². The average molecular weight is 295 g/mol. The summed E-state index contributed by atoms with van der Waals surface area (Å²) >= 11 is 0. The summed E-state index contributed by atoms with van der Waals surface area (Å²) in [6.07, 6.45) is 4.52. The van der Waals surface area contributed by atoms with Crippen molar-refractivity contribution in [3.05, 3.63) is 67.0 Å². The highest BCUT2D eigenvalue weighted by atomic mass is 16.2. The van der Waals surface area contributed by atoms with Crippen LogP contribution in [0.3, 0.4) is 0 Å². The van der Waals surface area contributed by atoms with Gasteiger partial charge in [-0.2, -0.15) is 0 Å². The second-order valence-corrected chi connectivity index (χ2v) is 4.72. The van der Waals surface area contributed by atoms with Crippen molar-refractivity contribution in [1.82, 2.24) is 4.98 Å². The van der Waals surface area contributed by atoms with Crippen LogP contribution in [0.15, 0.2) is 61.4 Å². The van der Waals surface area contributed by atoms with Crippen LogP contribution in [0.1, 0.15) is 10.4 Å². The van der Waals surface area contributed by atoms with E-state index in [-0.39, 0.29) is 11.8 Å². The fourth-order valence-electron chi connectivity index (χ4n) is 1.97. The Bertz CT molecular complexity index is 681. The lowest BCUT2D eigenvalue weighted by atomic mass is 10.1. The van der Waals surface area contributed by atoms with E-state index in [2.05, 4.69) is 11.6 Å². The minimum atomic E-state index is -0.201. The van der Waals surface area contributed by atoms with Gasteiger partial charge in [0, 0.05) is 43.4 Å². The highest BCUT2D eigenvalue weighted by Gasteiger charge is 2.14. The van der Waals surface area contributed by atoms with Gasteiger partial charge < -0.3 is 9.80 Å². The monoisotopic (exact) mass is 295 g/mol. The fourth-order valence-corrected chi connectivity index (χ4v) is 1.97. The first-order valence-electron chi connectivity index (χ1n) is 6.73. The standard InChI is InChI=1S/C17H17N3O2/c1-4-16(21)19(2)14-7-5-13(6-8-14)17(22)20(3)15-9-11-18-12-10-15/h4-12H,1H2,2-3H3. The maximum atomic E-state index is 12.4. The Hall–Kier alpha value is -2.95. The highest BCUT2D eigenvalue weighted by Crippen LogP contribution is 2.18. The number of amides is 2. The summed E-state index contributed by atoms with van der Waals surface area (Å²) in [4.78, 5) is 30.9. The molecule has 0 aliphatic rings. The number of rotatable bonds is 4. The molecule has 2 amide bonds. The van der Waals surface area contributed by atoms with Gasteiger partial charge in [-0.15, -0.1) is 0 Å². The molecule has 0 bridgehead atoms. The Labute approximate surface area is 129 Å². The molecule has 0 fully saturated rings. The molecule has 2 rings (SSSR count). The van der Waals surface area contributed by atoms with Crippen molar-refractivity contribution in [2.75, 3.05) is 23.9 Å². The van der Waals surface area contributed by atoms with Gasteiger partial charge in [0.1, 0.15) is 0 Å². The van der Waals surface area contributed by atoms with Crippen LogP contribution in [-0.2, 0) is 4.79 Å². The van der Waals surface area contributed by atoms with Crippen LogP contribution in [0.4, 0.5) is 11.4 Å².